The molecule has 0 amide bonds. The van der Waals surface area contributed by atoms with Crippen molar-refractivity contribution in [2.75, 3.05) is 5.32 Å². The SMILES string of the molecule is Cc1csc(C(C)Nc2ncc(Cl)cc2Cl)n1. The van der Waals surface area contributed by atoms with E-state index in [-0.39, 0.29) is 6.04 Å². The number of halogens is 2. The predicted octanol–water partition coefficient (Wildman–Crippen LogP) is 4.33. The standard InChI is InChI=1S/C11H11Cl2N3S/c1-6-5-17-11(15-6)7(2)16-10-9(13)3-8(12)4-14-10/h3-5,7H,1-2H3,(H,14,16). The number of nitrogens with one attached hydrogen (secondary N) is 1. The number of hydrogen-bond donors (Lipinski definition) is 1. The first-order chi connectivity index (χ1) is 8.06. The summed E-state index contributed by atoms with van der Waals surface area (Å²) in [5.74, 6) is 0.622. The highest BCUT2D eigenvalue weighted by Crippen LogP contribution is 2.27. The van der Waals surface area contributed by atoms with Crippen LogP contribution in [0.3, 0.4) is 0 Å². The topological polar surface area (TPSA) is 37.8 Å². The molecule has 0 aliphatic heterocycles. The number of aromatic nitrogens is 2. The third-order valence-corrected chi connectivity index (χ3v) is 3.81. The molecule has 0 spiro atoms. The Balaban J connectivity index is 2.15. The molecule has 6 heteroatoms. The lowest BCUT2D eigenvalue weighted by Gasteiger charge is -2.12. The van der Waals surface area contributed by atoms with Gasteiger partial charge in [-0.05, 0) is 19.9 Å². The van der Waals surface area contributed by atoms with Gasteiger partial charge in [0.15, 0.2) is 0 Å². The van der Waals surface area contributed by atoms with Gasteiger partial charge in [0, 0.05) is 17.3 Å². The van der Waals surface area contributed by atoms with Gasteiger partial charge in [-0.15, -0.1) is 11.3 Å². The van der Waals surface area contributed by atoms with E-state index < -0.39 is 0 Å². The number of hydrogen-bond acceptors (Lipinski definition) is 4. The van der Waals surface area contributed by atoms with Crippen LogP contribution < -0.4 is 5.32 Å². The molecule has 2 aromatic heterocycles. The van der Waals surface area contributed by atoms with E-state index in [1.165, 1.54) is 0 Å². The fourth-order valence-corrected chi connectivity index (χ4v) is 2.60. The maximum Gasteiger partial charge on any atom is 0.145 e. The molecule has 90 valence electrons. The van der Waals surface area contributed by atoms with E-state index >= 15 is 0 Å². The molecule has 0 fully saturated rings. The maximum absolute atomic E-state index is 6.04. The Morgan fingerprint density at radius 2 is 2.18 bits per heavy atom. The van der Waals surface area contributed by atoms with E-state index in [9.17, 15) is 0 Å². The molecule has 0 saturated carbocycles. The van der Waals surface area contributed by atoms with E-state index in [2.05, 4.69) is 15.3 Å². The minimum absolute atomic E-state index is 0.0693. The molecule has 2 heterocycles. The fraction of sp³-hybridized carbons (Fsp3) is 0.273. The summed E-state index contributed by atoms with van der Waals surface area (Å²) in [6, 6.07) is 1.73. The lowest BCUT2D eigenvalue weighted by Crippen LogP contribution is -2.08. The largest absolute Gasteiger partial charge is 0.360 e. The van der Waals surface area contributed by atoms with Gasteiger partial charge in [-0.1, -0.05) is 23.2 Å². The van der Waals surface area contributed by atoms with Crippen LogP contribution in [0.15, 0.2) is 17.6 Å². The number of nitrogens with zero attached hydrogens (tertiary/aromatic N) is 2. The van der Waals surface area contributed by atoms with E-state index in [4.69, 9.17) is 23.2 Å². The van der Waals surface area contributed by atoms with Crippen LogP contribution >= 0.6 is 34.5 Å². The summed E-state index contributed by atoms with van der Waals surface area (Å²) < 4.78 is 0. The average Bonchev–Trinajstić information content (AvgIpc) is 2.69. The number of anilines is 1. The number of pyridine rings is 1. The third kappa shape index (κ3) is 3.09. The summed E-state index contributed by atoms with van der Waals surface area (Å²) in [6.07, 6.45) is 1.57. The summed E-state index contributed by atoms with van der Waals surface area (Å²) in [7, 11) is 0. The third-order valence-electron chi connectivity index (χ3n) is 2.17. The van der Waals surface area contributed by atoms with Crippen LogP contribution in [-0.2, 0) is 0 Å². The van der Waals surface area contributed by atoms with Crippen molar-refractivity contribution < 1.29 is 0 Å². The molecule has 17 heavy (non-hydrogen) atoms. The highest BCUT2D eigenvalue weighted by Gasteiger charge is 2.11. The van der Waals surface area contributed by atoms with Gasteiger partial charge in [0.1, 0.15) is 10.8 Å². The molecule has 2 rings (SSSR count). The lowest BCUT2D eigenvalue weighted by molar-refractivity contribution is 0.855. The minimum Gasteiger partial charge on any atom is -0.360 e. The lowest BCUT2D eigenvalue weighted by atomic mass is 10.3. The number of aryl methyl sites for hydroxylation is 1. The normalized spacial score (nSPS) is 12.5. The van der Waals surface area contributed by atoms with Crippen LogP contribution in [0.5, 0.6) is 0 Å². The molecule has 0 bridgehead atoms. The van der Waals surface area contributed by atoms with Crippen LogP contribution in [0, 0.1) is 6.92 Å². The Labute approximate surface area is 114 Å². The molecule has 2 aromatic rings. The second-order valence-electron chi connectivity index (χ2n) is 3.68. The quantitative estimate of drug-likeness (QED) is 0.913. The fourth-order valence-electron chi connectivity index (χ4n) is 1.36. The number of rotatable bonds is 3. The van der Waals surface area contributed by atoms with E-state index in [1.54, 1.807) is 23.6 Å². The summed E-state index contributed by atoms with van der Waals surface area (Å²) in [4.78, 5) is 8.57. The van der Waals surface area contributed by atoms with Crippen molar-refractivity contribution in [1.82, 2.24) is 9.97 Å². The Morgan fingerprint density at radius 1 is 1.41 bits per heavy atom. The Bertz CT molecular complexity index is 527. The Morgan fingerprint density at radius 3 is 2.76 bits per heavy atom. The average molecular weight is 288 g/mol. The van der Waals surface area contributed by atoms with Gasteiger partial charge in [0.2, 0.25) is 0 Å². The van der Waals surface area contributed by atoms with E-state index in [0.29, 0.717) is 15.9 Å². The summed E-state index contributed by atoms with van der Waals surface area (Å²) in [5, 5.41) is 7.28. The molecule has 1 atom stereocenters. The number of thiazole rings is 1. The second kappa shape index (κ2) is 5.21. The van der Waals surface area contributed by atoms with Gasteiger partial charge in [-0.25, -0.2) is 9.97 Å². The van der Waals surface area contributed by atoms with Gasteiger partial charge >= 0.3 is 0 Å². The smallest absolute Gasteiger partial charge is 0.145 e. The van der Waals surface area contributed by atoms with E-state index in [1.807, 2.05) is 19.2 Å². The van der Waals surface area contributed by atoms with Crippen LogP contribution in [0.1, 0.15) is 23.7 Å². The van der Waals surface area contributed by atoms with Crippen LogP contribution in [0.2, 0.25) is 10.0 Å². The van der Waals surface area contributed by atoms with Crippen LogP contribution in [-0.4, -0.2) is 9.97 Å². The van der Waals surface area contributed by atoms with Crippen molar-refractivity contribution in [3.63, 3.8) is 0 Å². The van der Waals surface area contributed by atoms with Crippen molar-refractivity contribution >= 4 is 40.4 Å². The van der Waals surface area contributed by atoms with Crippen LogP contribution in [0.4, 0.5) is 5.82 Å². The van der Waals surface area contributed by atoms with Gasteiger partial charge in [-0.3, -0.25) is 0 Å². The van der Waals surface area contributed by atoms with Crippen molar-refractivity contribution in [2.45, 2.75) is 19.9 Å². The maximum atomic E-state index is 6.04. The molecule has 0 radical (unpaired) electrons. The second-order valence-corrected chi connectivity index (χ2v) is 5.41. The zero-order valence-electron chi connectivity index (χ0n) is 9.37. The Hall–Kier alpha value is -0.840. The first kappa shape index (κ1) is 12.6. The van der Waals surface area contributed by atoms with Gasteiger partial charge in [-0.2, -0.15) is 0 Å². The zero-order chi connectivity index (χ0) is 12.4. The Kier molecular flexibility index (Phi) is 3.86. The molecule has 1 unspecified atom stereocenters. The molecule has 0 aliphatic rings. The molecule has 3 nitrogen and oxygen atoms in total. The molecular weight excluding hydrogens is 277 g/mol. The van der Waals surface area contributed by atoms with Crippen molar-refractivity contribution in [2.24, 2.45) is 0 Å². The van der Waals surface area contributed by atoms with Crippen LogP contribution in [0.25, 0.3) is 0 Å². The highest BCUT2D eigenvalue weighted by molar-refractivity contribution is 7.09. The summed E-state index contributed by atoms with van der Waals surface area (Å²) >= 11 is 13.4. The zero-order valence-corrected chi connectivity index (χ0v) is 11.7. The predicted molar refractivity (Wildman–Crippen MR) is 73.1 cm³/mol. The summed E-state index contributed by atoms with van der Waals surface area (Å²) in [5.41, 5.74) is 1.02. The summed E-state index contributed by atoms with van der Waals surface area (Å²) in [6.45, 7) is 3.99. The van der Waals surface area contributed by atoms with E-state index in [0.717, 1.165) is 10.7 Å². The van der Waals surface area contributed by atoms with Crippen molar-refractivity contribution in [3.05, 3.63) is 38.4 Å². The molecule has 0 aromatic carbocycles. The molecule has 0 saturated heterocycles. The molecular formula is C11H11Cl2N3S. The highest BCUT2D eigenvalue weighted by atomic mass is 35.5. The van der Waals surface area contributed by atoms with Gasteiger partial charge in [0.05, 0.1) is 16.1 Å². The van der Waals surface area contributed by atoms with Gasteiger partial charge in [0.25, 0.3) is 0 Å². The first-order valence-corrected chi connectivity index (χ1v) is 6.69. The molecule has 0 aliphatic carbocycles. The van der Waals surface area contributed by atoms with Crippen molar-refractivity contribution in [1.29, 1.82) is 0 Å². The minimum atomic E-state index is 0.0693. The van der Waals surface area contributed by atoms with Crippen molar-refractivity contribution in [3.8, 4) is 0 Å². The van der Waals surface area contributed by atoms with Gasteiger partial charge < -0.3 is 5.32 Å². The molecule has 1 N–H and O–H groups in total. The first-order valence-electron chi connectivity index (χ1n) is 5.06. The monoisotopic (exact) mass is 287 g/mol.